The van der Waals surface area contributed by atoms with Gasteiger partial charge in [0.1, 0.15) is 11.4 Å². The van der Waals surface area contributed by atoms with Crippen LogP contribution in [0.2, 0.25) is 0 Å². The van der Waals surface area contributed by atoms with Crippen LogP contribution in [0.5, 0.6) is 0 Å². The third-order valence-electron chi connectivity index (χ3n) is 1.98. The number of nitrogens with two attached hydrogens (primary N) is 2. The minimum absolute atomic E-state index is 0.0315. The summed E-state index contributed by atoms with van der Waals surface area (Å²) < 4.78 is 37.8. The summed E-state index contributed by atoms with van der Waals surface area (Å²) in [5.74, 6) is -0.313. The summed E-state index contributed by atoms with van der Waals surface area (Å²) in [6, 6.07) is 0. The van der Waals surface area contributed by atoms with Crippen molar-refractivity contribution in [2.24, 2.45) is 0 Å². The van der Waals surface area contributed by atoms with Crippen molar-refractivity contribution in [1.29, 1.82) is 0 Å². The van der Waals surface area contributed by atoms with Gasteiger partial charge < -0.3 is 11.5 Å². The smallest absolute Gasteiger partial charge is 0.383 e. The SMILES string of the molecule is Nc1ncc2c(N)ncc(C(F)(F)F)c2n1. The van der Waals surface area contributed by atoms with Crippen molar-refractivity contribution in [2.75, 3.05) is 11.5 Å². The number of anilines is 2. The Morgan fingerprint density at radius 1 is 1.06 bits per heavy atom. The van der Waals surface area contributed by atoms with Crippen LogP contribution < -0.4 is 11.5 Å². The molecular weight excluding hydrogens is 223 g/mol. The van der Waals surface area contributed by atoms with Gasteiger partial charge in [0.05, 0.1) is 10.9 Å². The van der Waals surface area contributed by atoms with Gasteiger partial charge in [0.25, 0.3) is 0 Å². The van der Waals surface area contributed by atoms with E-state index in [1.165, 1.54) is 0 Å². The van der Waals surface area contributed by atoms with E-state index in [-0.39, 0.29) is 22.7 Å². The van der Waals surface area contributed by atoms with Crippen LogP contribution in [0.1, 0.15) is 5.56 Å². The zero-order valence-corrected chi connectivity index (χ0v) is 7.78. The normalized spacial score (nSPS) is 11.9. The van der Waals surface area contributed by atoms with Gasteiger partial charge in [-0.25, -0.2) is 15.0 Å². The van der Waals surface area contributed by atoms with Crippen LogP contribution in [-0.2, 0) is 6.18 Å². The van der Waals surface area contributed by atoms with Crippen LogP contribution in [0.25, 0.3) is 10.9 Å². The molecule has 16 heavy (non-hydrogen) atoms. The molecule has 0 amide bonds. The van der Waals surface area contributed by atoms with Gasteiger partial charge in [-0.1, -0.05) is 0 Å². The maximum atomic E-state index is 12.6. The molecule has 8 heteroatoms. The van der Waals surface area contributed by atoms with Crippen molar-refractivity contribution in [2.45, 2.75) is 6.18 Å². The number of halogens is 3. The maximum Gasteiger partial charge on any atom is 0.419 e. The molecule has 84 valence electrons. The first-order valence-electron chi connectivity index (χ1n) is 4.13. The van der Waals surface area contributed by atoms with Crippen molar-refractivity contribution < 1.29 is 13.2 Å². The molecule has 4 N–H and O–H groups in total. The Morgan fingerprint density at radius 3 is 2.38 bits per heavy atom. The number of pyridine rings is 1. The van der Waals surface area contributed by atoms with E-state index >= 15 is 0 Å². The number of alkyl halides is 3. The Balaban J connectivity index is 2.86. The number of rotatable bonds is 0. The number of fused-ring (bicyclic) bond motifs is 1. The van der Waals surface area contributed by atoms with Crippen LogP contribution in [0.4, 0.5) is 24.9 Å². The molecule has 2 aromatic rings. The quantitative estimate of drug-likeness (QED) is 0.708. The topological polar surface area (TPSA) is 90.7 Å². The molecule has 0 aromatic carbocycles. The molecule has 0 bridgehead atoms. The Morgan fingerprint density at radius 2 is 1.75 bits per heavy atom. The first-order chi connectivity index (χ1) is 7.39. The number of nitrogens with zero attached hydrogens (tertiary/aromatic N) is 3. The highest BCUT2D eigenvalue weighted by Gasteiger charge is 2.34. The van der Waals surface area contributed by atoms with Gasteiger partial charge in [-0.05, 0) is 0 Å². The van der Waals surface area contributed by atoms with Gasteiger partial charge in [-0.2, -0.15) is 13.2 Å². The third kappa shape index (κ3) is 1.58. The summed E-state index contributed by atoms with van der Waals surface area (Å²) in [7, 11) is 0. The molecule has 0 fully saturated rings. The van der Waals surface area contributed by atoms with Crippen molar-refractivity contribution in [3.05, 3.63) is 18.0 Å². The minimum Gasteiger partial charge on any atom is -0.383 e. The number of aromatic nitrogens is 3. The van der Waals surface area contributed by atoms with Gasteiger partial charge in [-0.15, -0.1) is 0 Å². The molecule has 0 saturated carbocycles. The lowest BCUT2D eigenvalue weighted by Gasteiger charge is -2.09. The molecule has 0 aliphatic carbocycles. The minimum atomic E-state index is -4.56. The van der Waals surface area contributed by atoms with Crippen molar-refractivity contribution in [3.8, 4) is 0 Å². The number of hydrogen-bond acceptors (Lipinski definition) is 5. The van der Waals surface area contributed by atoms with Crippen LogP contribution >= 0.6 is 0 Å². The number of hydrogen-bond donors (Lipinski definition) is 2. The second-order valence-corrected chi connectivity index (χ2v) is 3.05. The summed E-state index contributed by atoms with van der Waals surface area (Å²) in [5, 5.41) is 0.0315. The highest BCUT2D eigenvalue weighted by molar-refractivity contribution is 5.90. The predicted molar refractivity (Wildman–Crippen MR) is 51.2 cm³/mol. The van der Waals surface area contributed by atoms with E-state index in [1.54, 1.807) is 0 Å². The molecule has 0 radical (unpaired) electrons. The van der Waals surface area contributed by atoms with Crippen molar-refractivity contribution in [1.82, 2.24) is 15.0 Å². The molecular formula is C8H6F3N5. The van der Waals surface area contributed by atoms with Crippen LogP contribution in [0, 0.1) is 0 Å². The molecule has 5 nitrogen and oxygen atoms in total. The predicted octanol–water partition coefficient (Wildman–Crippen LogP) is 1.21. The lowest BCUT2D eigenvalue weighted by Crippen LogP contribution is -2.10. The molecule has 0 unspecified atom stereocenters. The fraction of sp³-hybridized carbons (Fsp3) is 0.125. The molecule has 2 aromatic heterocycles. The summed E-state index contributed by atoms with van der Waals surface area (Å²) in [4.78, 5) is 10.5. The van der Waals surface area contributed by atoms with Crippen LogP contribution in [0.3, 0.4) is 0 Å². The molecule has 0 aliphatic rings. The first kappa shape index (κ1) is 10.4. The zero-order chi connectivity index (χ0) is 11.9. The molecule has 2 rings (SSSR count). The zero-order valence-electron chi connectivity index (χ0n) is 7.78. The number of nitrogen functional groups attached to an aromatic ring is 2. The van der Waals surface area contributed by atoms with E-state index in [4.69, 9.17) is 11.5 Å². The van der Waals surface area contributed by atoms with Crippen molar-refractivity contribution in [3.63, 3.8) is 0 Å². The highest BCUT2D eigenvalue weighted by atomic mass is 19.4. The molecule has 0 spiro atoms. The van der Waals surface area contributed by atoms with E-state index < -0.39 is 11.7 Å². The average molecular weight is 229 g/mol. The maximum absolute atomic E-state index is 12.6. The highest BCUT2D eigenvalue weighted by Crippen LogP contribution is 2.34. The Bertz CT molecular complexity index is 551. The van der Waals surface area contributed by atoms with Gasteiger partial charge in [0.15, 0.2) is 0 Å². The average Bonchev–Trinajstić information content (AvgIpc) is 2.15. The van der Waals surface area contributed by atoms with E-state index in [2.05, 4.69) is 15.0 Å². The second kappa shape index (κ2) is 3.19. The van der Waals surface area contributed by atoms with Gasteiger partial charge in [-0.3, -0.25) is 0 Å². The van der Waals surface area contributed by atoms with Gasteiger partial charge >= 0.3 is 6.18 Å². The summed E-state index contributed by atoms with van der Waals surface area (Å²) in [5.41, 5.74) is 9.33. The second-order valence-electron chi connectivity index (χ2n) is 3.05. The van der Waals surface area contributed by atoms with E-state index in [1.807, 2.05) is 0 Å². The lowest BCUT2D eigenvalue weighted by molar-refractivity contribution is -0.136. The fourth-order valence-corrected chi connectivity index (χ4v) is 1.26. The monoisotopic (exact) mass is 229 g/mol. The Hall–Kier alpha value is -2.12. The first-order valence-corrected chi connectivity index (χ1v) is 4.13. The Kier molecular flexibility index (Phi) is 2.07. The lowest BCUT2D eigenvalue weighted by atomic mass is 10.2. The van der Waals surface area contributed by atoms with E-state index in [0.717, 1.165) is 6.20 Å². The standard InChI is InChI=1S/C8H6F3N5/c9-8(10,11)4-2-14-6(12)3-1-15-7(13)16-5(3)4/h1-2H,(H2,12,14)(H2,13,15,16). The van der Waals surface area contributed by atoms with Gasteiger partial charge in [0, 0.05) is 12.4 Å². The Labute approximate surface area is 87.3 Å². The molecule has 0 saturated heterocycles. The summed E-state index contributed by atoms with van der Waals surface area (Å²) in [6.07, 6.45) is -2.81. The summed E-state index contributed by atoms with van der Waals surface area (Å²) >= 11 is 0. The largest absolute Gasteiger partial charge is 0.419 e. The van der Waals surface area contributed by atoms with E-state index in [9.17, 15) is 13.2 Å². The fourth-order valence-electron chi connectivity index (χ4n) is 1.26. The van der Waals surface area contributed by atoms with Crippen molar-refractivity contribution >= 4 is 22.7 Å². The third-order valence-corrected chi connectivity index (χ3v) is 1.98. The van der Waals surface area contributed by atoms with Gasteiger partial charge in [0.2, 0.25) is 5.95 Å². The molecule has 0 atom stereocenters. The molecule has 0 aliphatic heterocycles. The van der Waals surface area contributed by atoms with Crippen LogP contribution in [0.15, 0.2) is 12.4 Å². The molecule has 2 heterocycles. The van der Waals surface area contributed by atoms with E-state index in [0.29, 0.717) is 6.20 Å². The van der Waals surface area contributed by atoms with Crippen LogP contribution in [-0.4, -0.2) is 15.0 Å². The summed E-state index contributed by atoms with van der Waals surface area (Å²) in [6.45, 7) is 0.